The highest BCUT2D eigenvalue weighted by Crippen LogP contribution is 2.50. The average molecular weight is 396 g/mol. The molecule has 2 aliphatic heterocycles. The number of benzene rings is 2. The molecule has 7 heteroatoms. The van der Waals surface area contributed by atoms with E-state index in [0.29, 0.717) is 26.2 Å². The van der Waals surface area contributed by atoms with Crippen LogP contribution in [-0.4, -0.2) is 54.6 Å². The van der Waals surface area contributed by atoms with Gasteiger partial charge in [-0.3, -0.25) is 9.59 Å². The number of halogens is 1. The quantitative estimate of drug-likeness (QED) is 0.800. The topological polar surface area (TPSA) is 59.1 Å². The SMILES string of the molecule is O=C(c1ccccc1F)N1CCN(C(=O)[C@@H]2C[C@H]2c2ccc3c(c2)OCO3)CC1. The van der Waals surface area contributed by atoms with Gasteiger partial charge < -0.3 is 19.3 Å². The van der Waals surface area contributed by atoms with Crippen LogP contribution in [0.5, 0.6) is 11.5 Å². The summed E-state index contributed by atoms with van der Waals surface area (Å²) >= 11 is 0. The molecule has 0 N–H and O–H groups in total. The Morgan fingerprint density at radius 3 is 2.45 bits per heavy atom. The molecule has 2 amide bonds. The lowest BCUT2D eigenvalue weighted by atomic mass is 10.1. The second kappa shape index (κ2) is 7.06. The van der Waals surface area contributed by atoms with Crippen molar-refractivity contribution >= 4 is 11.8 Å². The average Bonchev–Trinajstić information content (AvgIpc) is 3.42. The van der Waals surface area contributed by atoms with Crippen LogP contribution in [0.3, 0.4) is 0 Å². The smallest absolute Gasteiger partial charge is 0.256 e. The van der Waals surface area contributed by atoms with Gasteiger partial charge in [-0.1, -0.05) is 18.2 Å². The van der Waals surface area contributed by atoms with Crippen molar-refractivity contribution in [1.29, 1.82) is 0 Å². The maximum absolute atomic E-state index is 13.9. The summed E-state index contributed by atoms with van der Waals surface area (Å²) in [5.41, 5.74) is 1.18. The summed E-state index contributed by atoms with van der Waals surface area (Å²) in [6.45, 7) is 2.02. The number of rotatable bonds is 3. The fraction of sp³-hybridized carbons (Fsp3) is 0.364. The Hall–Kier alpha value is -3.09. The lowest BCUT2D eigenvalue weighted by Gasteiger charge is -2.35. The number of ether oxygens (including phenoxy) is 2. The van der Waals surface area contributed by atoms with Crippen molar-refractivity contribution in [2.24, 2.45) is 5.92 Å². The van der Waals surface area contributed by atoms with Crippen LogP contribution in [0.25, 0.3) is 0 Å². The van der Waals surface area contributed by atoms with E-state index >= 15 is 0 Å². The van der Waals surface area contributed by atoms with E-state index in [4.69, 9.17) is 9.47 Å². The van der Waals surface area contributed by atoms with Gasteiger partial charge in [0.1, 0.15) is 5.82 Å². The second-order valence-electron chi connectivity index (χ2n) is 7.66. The van der Waals surface area contributed by atoms with E-state index in [1.807, 2.05) is 23.1 Å². The Bertz CT molecular complexity index is 971. The monoisotopic (exact) mass is 396 g/mol. The minimum atomic E-state index is -0.513. The molecule has 0 spiro atoms. The normalized spacial score (nSPS) is 22.5. The molecule has 1 saturated heterocycles. The highest BCUT2D eigenvalue weighted by Gasteiger charge is 2.46. The number of carbonyl (C=O) groups excluding carboxylic acids is 2. The van der Waals surface area contributed by atoms with E-state index in [9.17, 15) is 14.0 Å². The molecule has 1 saturated carbocycles. The summed E-state index contributed by atoms with van der Waals surface area (Å²) in [5, 5.41) is 0. The Morgan fingerprint density at radius 2 is 1.66 bits per heavy atom. The fourth-order valence-corrected chi connectivity index (χ4v) is 4.15. The maximum atomic E-state index is 13.9. The van der Waals surface area contributed by atoms with E-state index in [1.165, 1.54) is 12.1 Å². The molecule has 2 heterocycles. The van der Waals surface area contributed by atoms with Gasteiger partial charge in [-0.15, -0.1) is 0 Å². The third-order valence-electron chi connectivity index (χ3n) is 5.92. The Balaban J connectivity index is 1.18. The van der Waals surface area contributed by atoms with Gasteiger partial charge in [0.05, 0.1) is 5.56 Å². The Morgan fingerprint density at radius 1 is 0.931 bits per heavy atom. The first-order chi connectivity index (χ1) is 14.1. The number of carbonyl (C=O) groups is 2. The molecule has 1 aliphatic carbocycles. The van der Waals surface area contributed by atoms with Crippen molar-refractivity contribution in [3.05, 3.63) is 59.4 Å². The first kappa shape index (κ1) is 18.0. The third kappa shape index (κ3) is 3.30. The minimum Gasteiger partial charge on any atom is -0.454 e. The van der Waals surface area contributed by atoms with Gasteiger partial charge >= 0.3 is 0 Å². The molecule has 0 bridgehead atoms. The van der Waals surface area contributed by atoms with Crippen LogP contribution in [-0.2, 0) is 4.79 Å². The number of nitrogens with zero attached hydrogens (tertiary/aromatic N) is 2. The molecular weight excluding hydrogens is 375 g/mol. The third-order valence-corrected chi connectivity index (χ3v) is 5.92. The van der Waals surface area contributed by atoms with E-state index < -0.39 is 5.82 Å². The van der Waals surface area contributed by atoms with Crippen molar-refractivity contribution < 1.29 is 23.5 Å². The van der Waals surface area contributed by atoms with E-state index in [-0.39, 0.29) is 36.0 Å². The predicted molar refractivity (Wildman–Crippen MR) is 102 cm³/mol. The maximum Gasteiger partial charge on any atom is 0.256 e. The van der Waals surface area contributed by atoms with Crippen LogP contribution in [0.4, 0.5) is 4.39 Å². The molecular formula is C22H21FN2O4. The number of fused-ring (bicyclic) bond motifs is 1. The summed E-state index contributed by atoms with van der Waals surface area (Å²) in [5.74, 6) is 0.958. The molecule has 0 aromatic heterocycles. The molecule has 2 fully saturated rings. The Labute approximate surface area is 167 Å². The number of hydrogen-bond acceptors (Lipinski definition) is 4. The first-order valence-electron chi connectivity index (χ1n) is 9.84. The van der Waals surface area contributed by atoms with Gasteiger partial charge in [-0.2, -0.15) is 0 Å². The van der Waals surface area contributed by atoms with Crippen LogP contribution in [0.1, 0.15) is 28.3 Å². The molecule has 0 unspecified atom stereocenters. The largest absolute Gasteiger partial charge is 0.454 e. The van der Waals surface area contributed by atoms with E-state index in [0.717, 1.165) is 23.5 Å². The minimum absolute atomic E-state index is 0.0239. The van der Waals surface area contributed by atoms with Gasteiger partial charge in [0.15, 0.2) is 11.5 Å². The van der Waals surface area contributed by atoms with Gasteiger partial charge in [-0.25, -0.2) is 4.39 Å². The lowest BCUT2D eigenvalue weighted by molar-refractivity contribution is -0.134. The van der Waals surface area contributed by atoms with Gasteiger partial charge in [0.2, 0.25) is 12.7 Å². The fourth-order valence-electron chi connectivity index (χ4n) is 4.15. The van der Waals surface area contributed by atoms with Gasteiger partial charge in [0.25, 0.3) is 5.91 Å². The van der Waals surface area contributed by atoms with Crippen LogP contribution in [0.15, 0.2) is 42.5 Å². The number of hydrogen-bond donors (Lipinski definition) is 0. The van der Waals surface area contributed by atoms with Crippen LogP contribution < -0.4 is 9.47 Å². The first-order valence-corrected chi connectivity index (χ1v) is 9.84. The number of piperazine rings is 1. The second-order valence-corrected chi connectivity index (χ2v) is 7.66. The van der Waals surface area contributed by atoms with Crippen molar-refractivity contribution in [2.75, 3.05) is 33.0 Å². The zero-order valence-electron chi connectivity index (χ0n) is 15.8. The Kier molecular flexibility index (Phi) is 4.38. The molecule has 2 aromatic rings. The van der Waals surface area contributed by atoms with Crippen molar-refractivity contribution in [1.82, 2.24) is 9.80 Å². The molecule has 6 nitrogen and oxygen atoms in total. The van der Waals surface area contributed by atoms with E-state index in [2.05, 4.69) is 0 Å². The molecule has 2 atom stereocenters. The summed E-state index contributed by atoms with van der Waals surface area (Å²) in [7, 11) is 0. The number of amides is 2. The summed E-state index contributed by atoms with van der Waals surface area (Å²) in [6.07, 6.45) is 0.826. The van der Waals surface area contributed by atoms with Crippen molar-refractivity contribution in [2.45, 2.75) is 12.3 Å². The highest BCUT2D eigenvalue weighted by atomic mass is 19.1. The van der Waals surface area contributed by atoms with E-state index in [1.54, 1.807) is 17.0 Å². The van der Waals surface area contributed by atoms with Crippen molar-refractivity contribution in [3.63, 3.8) is 0 Å². The molecule has 29 heavy (non-hydrogen) atoms. The summed E-state index contributed by atoms with van der Waals surface area (Å²) in [6, 6.07) is 11.9. The summed E-state index contributed by atoms with van der Waals surface area (Å²) in [4.78, 5) is 28.9. The standard InChI is InChI=1S/C22H21FN2O4/c23-18-4-2-1-3-15(18)21(26)24-7-9-25(10-8-24)22(27)17-12-16(17)14-5-6-19-20(11-14)29-13-28-19/h1-6,11,16-17H,7-10,12-13H2/t16-,17+/m0/s1. The molecule has 150 valence electrons. The molecule has 3 aliphatic rings. The van der Waals surface area contributed by atoms with Crippen molar-refractivity contribution in [3.8, 4) is 11.5 Å². The lowest BCUT2D eigenvalue weighted by Crippen LogP contribution is -2.51. The molecule has 2 aromatic carbocycles. The van der Waals surface area contributed by atoms with Gasteiger partial charge in [-0.05, 0) is 42.2 Å². The zero-order valence-corrected chi connectivity index (χ0v) is 15.8. The van der Waals surface area contributed by atoms with Gasteiger partial charge in [0, 0.05) is 32.1 Å². The van der Waals surface area contributed by atoms with Crippen LogP contribution >= 0.6 is 0 Å². The summed E-state index contributed by atoms with van der Waals surface area (Å²) < 4.78 is 24.6. The molecule has 5 rings (SSSR count). The zero-order chi connectivity index (χ0) is 20.0. The van der Waals surface area contributed by atoms with Crippen LogP contribution in [0.2, 0.25) is 0 Å². The highest BCUT2D eigenvalue weighted by molar-refractivity contribution is 5.94. The van der Waals surface area contributed by atoms with Crippen LogP contribution in [0, 0.1) is 11.7 Å². The predicted octanol–water partition coefficient (Wildman–Crippen LogP) is 2.64. The molecule has 0 radical (unpaired) electrons.